The monoisotopic (exact) mass is 1480 g/mol. The van der Waals surface area contributed by atoms with Gasteiger partial charge < -0.3 is 71.8 Å². The number of hydrogen-bond donors (Lipinski definition) is 9. The number of guanidine groups is 1. The van der Waals surface area contributed by atoms with Crippen LogP contribution in [0.4, 0.5) is 0 Å². The van der Waals surface area contributed by atoms with Crippen LogP contribution in [0.15, 0.2) is 156 Å². The fourth-order valence-electron chi connectivity index (χ4n) is 13.7. The lowest BCUT2D eigenvalue weighted by molar-refractivity contribution is -0.145. The second kappa shape index (κ2) is 37.8. The van der Waals surface area contributed by atoms with Crippen LogP contribution in [0.5, 0.6) is 23.0 Å². The van der Waals surface area contributed by atoms with E-state index >= 15 is 0 Å². The molecule has 26 heteroatoms. The van der Waals surface area contributed by atoms with Gasteiger partial charge in [0.25, 0.3) is 0 Å². The fraction of sp³-hybridized carbons (Fsp3) is 0.333. The predicted octanol–water partition coefficient (Wildman–Crippen LogP) is 8.73. The summed E-state index contributed by atoms with van der Waals surface area (Å²) >= 11 is 5.52. The number of benzene rings is 8. The number of nitrogens with two attached hydrogens (primary N) is 2. The van der Waals surface area contributed by atoms with E-state index in [9.17, 15) is 38.4 Å². The Hall–Kier alpha value is -11.7. The largest absolute Gasteiger partial charge is 0.496 e. The normalized spacial score (nSPS) is 18.3. The average Bonchev–Trinajstić information content (AvgIpc) is 0.744. The average molecular weight is 1480 g/mol. The van der Waals surface area contributed by atoms with Crippen LogP contribution in [-0.2, 0) is 73.5 Å². The molecule has 6 atom stereocenters. The number of rotatable bonds is 16. The number of hydrogen-bond acceptors (Lipinski definition) is 16. The smallest absolute Gasteiger partial charge is 0.328 e. The van der Waals surface area contributed by atoms with Gasteiger partial charge in [-0.2, -0.15) is 0 Å². The molecule has 8 bridgehead atoms. The van der Waals surface area contributed by atoms with Gasteiger partial charge in [0, 0.05) is 73.8 Å². The van der Waals surface area contributed by atoms with Crippen molar-refractivity contribution in [2.45, 2.75) is 121 Å². The fourth-order valence-corrected chi connectivity index (χ4v) is 13.8. The molecule has 562 valence electrons. The molecule has 2 unspecified atom stereocenters. The summed E-state index contributed by atoms with van der Waals surface area (Å²) in [6.07, 6.45) is 9.68. The Kier molecular flexibility index (Phi) is 28.1. The third kappa shape index (κ3) is 19.6. The van der Waals surface area contributed by atoms with Crippen molar-refractivity contribution in [3.05, 3.63) is 168 Å². The number of ether oxygens (including phenoxy) is 6. The number of nitrogens with one attached hydrogen (secondary N) is 7. The van der Waals surface area contributed by atoms with E-state index in [1.54, 1.807) is 41.4 Å². The summed E-state index contributed by atoms with van der Waals surface area (Å²) in [5.74, 6) is -1.88. The first-order valence-electron chi connectivity index (χ1n) is 35.1. The molecule has 8 aromatic carbocycles. The molecule has 0 radical (unpaired) electrons. The molecule has 107 heavy (non-hydrogen) atoms. The molecule has 8 aromatic rings. The molecule has 0 saturated heterocycles. The standard InChI is InChI=1S/C41H47N5O7.C40H45ClN6O7/c1-24(42)43-20-12-19-32-39(48)46-33(41(50)53-5)18-11-8-15-28-21-26-13-6-9-16-30(26)35(37(28)51-3)36-31-17-10-7-14-27(31)22-29(38(36)52-4)23-34(40(49)45-32)44-25(2)47;1-23(48)44-32-22-27-21-25-13-6-9-16-29(25)34(36(27)53-3)33-28-15-8-5-12-24(28)20-26(35(33)52-2)14-7-10-17-31(39(51)54-4)46-37(49)30(45-38(32)50)18-11-19-43-40(42)47-41/h6-11,13-14,16-17,21-22,32-34H,12,15,18-20,23H2,1-5H3,(H2,42,43)(H,44,47)(H,45,49)(H,46,48);5-10,12-13,15-16,20-21,30-32H,11,14,17-19,22H2,1-4H3,(H,44,48)(H,45,50)(H,46,49)(H3,42,43,47)/t32-,33+,34?;30-,31+,32?/m11/s1. The van der Waals surface area contributed by atoms with E-state index < -0.39 is 83.6 Å². The van der Waals surface area contributed by atoms with Crippen LogP contribution in [-0.4, -0.2) is 151 Å². The lowest BCUT2D eigenvalue weighted by Gasteiger charge is -2.26. The Labute approximate surface area is 626 Å². The lowest BCUT2D eigenvalue weighted by Crippen LogP contribution is -2.56. The van der Waals surface area contributed by atoms with Gasteiger partial charge in [0.2, 0.25) is 41.4 Å². The Morgan fingerprint density at radius 3 is 1.10 bits per heavy atom. The van der Waals surface area contributed by atoms with E-state index in [2.05, 4.69) is 58.9 Å². The van der Waals surface area contributed by atoms with Gasteiger partial charge in [-0.3, -0.25) is 43.6 Å². The highest BCUT2D eigenvalue weighted by atomic mass is 35.5. The molecule has 2 heterocycles. The minimum Gasteiger partial charge on any atom is -0.496 e. The Morgan fingerprint density at radius 1 is 0.458 bits per heavy atom. The molecule has 2 aliphatic heterocycles. The van der Waals surface area contributed by atoms with Crippen molar-refractivity contribution in [1.82, 2.24) is 36.7 Å². The van der Waals surface area contributed by atoms with Crippen LogP contribution >= 0.6 is 11.8 Å². The van der Waals surface area contributed by atoms with Gasteiger partial charge >= 0.3 is 11.9 Å². The summed E-state index contributed by atoms with van der Waals surface area (Å²) in [4.78, 5) is 118. The van der Waals surface area contributed by atoms with Crippen molar-refractivity contribution in [2.24, 2.45) is 21.5 Å². The highest BCUT2D eigenvalue weighted by molar-refractivity contribution is 6.21. The Balaban J connectivity index is 0.000000247. The minimum atomic E-state index is -1.13. The minimum absolute atomic E-state index is 0.00129. The van der Waals surface area contributed by atoms with Crippen LogP contribution in [0.2, 0.25) is 0 Å². The molecule has 0 aromatic heterocycles. The van der Waals surface area contributed by atoms with E-state index in [1.165, 1.54) is 28.1 Å². The van der Waals surface area contributed by atoms with E-state index in [1.807, 2.05) is 127 Å². The maximum absolute atomic E-state index is 14.2. The number of aliphatic imine (C=N–C) groups is 2. The molecular weight excluding hydrogens is 1390 g/mol. The number of amidine groups is 1. The van der Waals surface area contributed by atoms with Crippen LogP contribution in [0, 0.1) is 0 Å². The van der Waals surface area contributed by atoms with Gasteiger partial charge in [-0.05, 0) is 148 Å². The first-order chi connectivity index (χ1) is 51.6. The molecule has 0 saturated carbocycles. The highest BCUT2D eigenvalue weighted by Crippen LogP contribution is 2.51. The highest BCUT2D eigenvalue weighted by Gasteiger charge is 2.35. The van der Waals surface area contributed by atoms with Crippen molar-refractivity contribution in [3.63, 3.8) is 0 Å². The van der Waals surface area contributed by atoms with E-state index in [0.717, 1.165) is 76.5 Å². The zero-order valence-corrected chi connectivity index (χ0v) is 62.2. The van der Waals surface area contributed by atoms with Gasteiger partial charge in [0.15, 0.2) is 0 Å². The first kappa shape index (κ1) is 79.4. The number of carbonyl (C=O) groups is 8. The third-order valence-corrected chi connectivity index (χ3v) is 18.7. The maximum Gasteiger partial charge on any atom is 0.328 e. The zero-order chi connectivity index (χ0) is 76.8. The SMILES string of the molecule is COC(=O)[C@@H]1CC=CCc2cc3ccccc3c(c2OC)-c2c(OC)c(cc3ccccc23)CC(NC(C)=O)C(=O)N[C@H](CCCN=C(C)N)C(=O)N1.COC(=O)[C@@H]1CC=CCc2cc3ccccc3c(c2OC)-c2c(OC)c(cc3ccccc23)CC(NC(C)=O)C(=O)N[C@H](CCCN=C(N)NCl)C(=O)N1. The van der Waals surface area contributed by atoms with Crippen molar-refractivity contribution in [1.29, 1.82) is 0 Å². The molecule has 0 aliphatic carbocycles. The number of halogens is 1. The Morgan fingerprint density at radius 2 is 0.785 bits per heavy atom. The van der Waals surface area contributed by atoms with Crippen LogP contribution in [0.25, 0.3) is 65.3 Å². The number of fused-ring (bicyclic) bond motifs is 18. The summed E-state index contributed by atoms with van der Waals surface area (Å²) in [5, 5.41) is 24.1. The molecular formula is C81H92ClN11O14. The van der Waals surface area contributed by atoms with Gasteiger partial charge in [0.1, 0.15) is 59.2 Å². The van der Waals surface area contributed by atoms with Crippen molar-refractivity contribution >= 4 is 114 Å². The quantitative estimate of drug-likeness (QED) is 0.0109. The molecule has 25 nitrogen and oxygen atoms in total. The molecule has 0 fully saturated rings. The van der Waals surface area contributed by atoms with Crippen LogP contribution < -0.4 is 67.2 Å². The molecule has 6 amide bonds. The van der Waals surface area contributed by atoms with Gasteiger partial charge in [-0.1, -0.05) is 121 Å². The number of methoxy groups -OCH3 is 6. The number of nitrogens with zero attached hydrogens (tertiary/aromatic N) is 2. The summed E-state index contributed by atoms with van der Waals surface area (Å²) in [6, 6.07) is 33.4. The van der Waals surface area contributed by atoms with E-state index in [-0.39, 0.29) is 51.0 Å². The Bertz CT molecular complexity index is 4770. The lowest BCUT2D eigenvalue weighted by atomic mass is 9.87. The summed E-state index contributed by atoms with van der Waals surface area (Å²) < 4.78 is 34.9. The van der Waals surface area contributed by atoms with Crippen LogP contribution in [0.1, 0.15) is 81.5 Å². The molecule has 11 N–H and O–H groups in total. The van der Waals surface area contributed by atoms with Gasteiger partial charge in [0.05, 0.1) is 48.5 Å². The second-order valence-electron chi connectivity index (χ2n) is 25.9. The predicted molar refractivity (Wildman–Crippen MR) is 415 cm³/mol. The number of esters is 2. The maximum atomic E-state index is 14.2. The molecule has 2 aliphatic rings. The van der Waals surface area contributed by atoms with Gasteiger partial charge in [-0.25, -0.2) is 9.59 Å². The van der Waals surface area contributed by atoms with Gasteiger partial charge in [-0.15, -0.1) is 0 Å². The van der Waals surface area contributed by atoms with Crippen molar-refractivity contribution in [3.8, 4) is 45.3 Å². The second-order valence-corrected chi connectivity index (χ2v) is 26.0. The number of allylic oxidation sites excluding steroid dienone is 2. The summed E-state index contributed by atoms with van der Waals surface area (Å²) in [5.41, 5.74) is 17.6. The van der Waals surface area contributed by atoms with Crippen molar-refractivity contribution in [2.75, 3.05) is 55.7 Å². The molecule has 10 rings (SSSR count). The summed E-state index contributed by atoms with van der Waals surface area (Å²) in [6.45, 7) is 4.83. The van der Waals surface area contributed by atoms with Crippen molar-refractivity contribution < 1.29 is 66.8 Å². The summed E-state index contributed by atoms with van der Waals surface area (Å²) in [7, 11) is 8.90. The zero-order valence-electron chi connectivity index (χ0n) is 61.4. The van der Waals surface area contributed by atoms with E-state index in [0.29, 0.717) is 72.2 Å². The third-order valence-electron chi connectivity index (χ3n) is 18.5. The topological polar surface area (TPSA) is 353 Å². The van der Waals surface area contributed by atoms with E-state index in [4.69, 9.17) is 51.7 Å². The van der Waals surface area contributed by atoms with Crippen LogP contribution in [0.3, 0.4) is 0 Å². The number of carbonyl (C=O) groups excluding carboxylic acids is 8. The number of amides is 6. The first-order valence-corrected chi connectivity index (χ1v) is 35.5. The molecule has 0 spiro atoms.